The number of likely N-dealkylation sites (tertiary alicyclic amines) is 1. The molecule has 0 amide bonds. The van der Waals surface area contributed by atoms with Crippen molar-refractivity contribution < 1.29 is 0 Å². The van der Waals surface area contributed by atoms with Gasteiger partial charge in [-0.3, -0.25) is 9.88 Å². The van der Waals surface area contributed by atoms with Gasteiger partial charge in [0.2, 0.25) is 0 Å². The van der Waals surface area contributed by atoms with Gasteiger partial charge in [0.1, 0.15) is 0 Å². The summed E-state index contributed by atoms with van der Waals surface area (Å²) in [5.74, 6) is 0.901. The van der Waals surface area contributed by atoms with Crippen molar-refractivity contribution in [2.45, 2.75) is 51.6 Å². The van der Waals surface area contributed by atoms with Crippen LogP contribution in [0.1, 0.15) is 51.3 Å². The van der Waals surface area contributed by atoms with Crippen LogP contribution in [0.5, 0.6) is 0 Å². The number of hydrogen-bond donors (Lipinski definition) is 1. The first-order chi connectivity index (χ1) is 9.26. The van der Waals surface area contributed by atoms with Gasteiger partial charge >= 0.3 is 0 Å². The predicted molar refractivity (Wildman–Crippen MR) is 79.8 cm³/mol. The van der Waals surface area contributed by atoms with Crippen LogP contribution in [-0.2, 0) is 0 Å². The standard InChI is InChI=1S/C16H27N3/c1-3-13-8-11-19(12-9-13)16(14(17)4-2)15-7-5-6-10-18-15/h5-7,10,13-14,16H,3-4,8-9,11-12,17H2,1-2H3. The lowest BCUT2D eigenvalue weighted by Crippen LogP contribution is -2.45. The van der Waals surface area contributed by atoms with Gasteiger partial charge in [0, 0.05) is 12.2 Å². The number of rotatable bonds is 5. The second-order valence-corrected chi connectivity index (χ2v) is 5.66. The van der Waals surface area contributed by atoms with Gasteiger partial charge in [-0.1, -0.05) is 26.3 Å². The van der Waals surface area contributed by atoms with Crippen LogP contribution >= 0.6 is 0 Å². The first kappa shape index (κ1) is 14.5. The topological polar surface area (TPSA) is 42.2 Å². The Hall–Kier alpha value is -0.930. The van der Waals surface area contributed by atoms with Gasteiger partial charge in [-0.25, -0.2) is 0 Å². The highest BCUT2D eigenvalue weighted by atomic mass is 15.2. The molecule has 0 radical (unpaired) electrons. The second kappa shape index (κ2) is 7.01. The van der Waals surface area contributed by atoms with Crippen molar-refractivity contribution in [3.8, 4) is 0 Å². The molecule has 2 heterocycles. The molecule has 3 nitrogen and oxygen atoms in total. The van der Waals surface area contributed by atoms with E-state index in [1.807, 2.05) is 12.3 Å². The molecule has 0 saturated carbocycles. The zero-order valence-corrected chi connectivity index (χ0v) is 12.3. The maximum atomic E-state index is 6.37. The third-order valence-electron chi connectivity index (χ3n) is 4.49. The van der Waals surface area contributed by atoms with Crippen LogP contribution in [0.4, 0.5) is 0 Å². The molecule has 2 unspecified atom stereocenters. The summed E-state index contributed by atoms with van der Waals surface area (Å²) < 4.78 is 0. The average molecular weight is 261 g/mol. The summed E-state index contributed by atoms with van der Waals surface area (Å²) in [5, 5.41) is 0. The molecule has 106 valence electrons. The lowest BCUT2D eigenvalue weighted by Gasteiger charge is -2.39. The van der Waals surface area contributed by atoms with E-state index in [1.165, 1.54) is 19.3 Å². The second-order valence-electron chi connectivity index (χ2n) is 5.66. The molecular formula is C16H27N3. The highest BCUT2D eigenvalue weighted by Crippen LogP contribution is 2.29. The molecule has 1 aliphatic rings. The summed E-state index contributed by atoms with van der Waals surface area (Å²) in [5.41, 5.74) is 7.50. The Morgan fingerprint density at radius 2 is 2.05 bits per heavy atom. The monoisotopic (exact) mass is 261 g/mol. The van der Waals surface area contributed by atoms with Crippen molar-refractivity contribution in [3.05, 3.63) is 30.1 Å². The van der Waals surface area contributed by atoms with Crippen LogP contribution in [0.25, 0.3) is 0 Å². The van der Waals surface area contributed by atoms with Gasteiger partial charge in [0.25, 0.3) is 0 Å². The fraction of sp³-hybridized carbons (Fsp3) is 0.688. The van der Waals surface area contributed by atoms with Gasteiger partial charge in [-0.05, 0) is 50.4 Å². The van der Waals surface area contributed by atoms with Crippen molar-refractivity contribution in [1.29, 1.82) is 0 Å². The molecular weight excluding hydrogens is 234 g/mol. The van der Waals surface area contributed by atoms with E-state index in [1.54, 1.807) is 0 Å². The Morgan fingerprint density at radius 1 is 1.32 bits per heavy atom. The molecule has 19 heavy (non-hydrogen) atoms. The van der Waals surface area contributed by atoms with Crippen LogP contribution in [-0.4, -0.2) is 29.0 Å². The van der Waals surface area contributed by atoms with Crippen LogP contribution in [0, 0.1) is 5.92 Å². The first-order valence-corrected chi connectivity index (χ1v) is 7.66. The molecule has 1 aromatic rings. The molecule has 0 aromatic carbocycles. The molecule has 1 fully saturated rings. The number of pyridine rings is 1. The van der Waals surface area contributed by atoms with Crippen LogP contribution in [0.15, 0.2) is 24.4 Å². The smallest absolute Gasteiger partial charge is 0.0673 e. The summed E-state index contributed by atoms with van der Waals surface area (Å²) in [6, 6.07) is 6.61. The summed E-state index contributed by atoms with van der Waals surface area (Å²) in [4.78, 5) is 7.09. The Labute approximate surface area is 117 Å². The number of nitrogens with two attached hydrogens (primary N) is 1. The molecule has 0 spiro atoms. The molecule has 1 aliphatic heterocycles. The predicted octanol–water partition coefficient (Wildman–Crippen LogP) is 2.98. The van der Waals surface area contributed by atoms with Gasteiger partial charge in [-0.2, -0.15) is 0 Å². The van der Waals surface area contributed by atoms with E-state index in [9.17, 15) is 0 Å². The van der Waals surface area contributed by atoms with Crippen molar-refractivity contribution >= 4 is 0 Å². The molecule has 2 atom stereocenters. The Morgan fingerprint density at radius 3 is 2.58 bits per heavy atom. The fourth-order valence-corrected chi connectivity index (χ4v) is 3.09. The van der Waals surface area contributed by atoms with E-state index in [0.717, 1.165) is 31.1 Å². The van der Waals surface area contributed by atoms with Crippen molar-refractivity contribution in [2.24, 2.45) is 11.7 Å². The summed E-state index contributed by atoms with van der Waals surface area (Å²) in [6.45, 7) is 6.79. The molecule has 3 heteroatoms. The minimum absolute atomic E-state index is 0.174. The van der Waals surface area contributed by atoms with E-state index in [2.05, 4.69) is 35.9 Å². The highest BCUT2D eigenvalue weighted by molar-refractivity contribution is 5.11. The van der Waals surface area contributed by atoms with Crippen molar-refractivity contribution in [3.63, 3.8) is 0 Å². The summed E-state index contributed by atoms with van der Waals surface area (Å²) in [7, 11) is 0. The lowest BCUT2D eigenvalue weighted by molar-refractivity contribution is 0.110. The van der Waals surface area contributed by atoms with Gasteiger partial charge < -0.3 is 5.73 Å². The molecule has 1 saturated heterocycles. The maximum Gasteiger partial charge on any atom is 0.0673 e. The highest BCUT2D eigenvalue weighted by Gasteiger charge is 2.29. The minimum Gasteiger partial charge on any atom is -0.326 e. The Kier molecular flexibility index (Phi) is 5.34. The van der Waals surface area contributed by atoms with Crippen molar-refractivity contribution in [2.75, 3.05) is 13.1 Å². The van der Waals surface area contributed by atoms with E-state index >= 15 is 0 Å². The summed E-state index contributed by atoms with van der Waals surface area (Å²) >= 11 is 0. The van der Waals surface area contributed by atoms with Crippen LogP contribution < -0.4 is 5.73 Å². The van der Waals surface area contributed by atoms with Crippen LogP contribution in [0.3, 0.4) is 0 Å². The molecule has 1 aromatic heterocycles. The van der Waals surface area contributed by atoms with E-state index < -0.39 is 0 Å². The Bertz CT molecular complexity index is 358. The molecule has 2 rings (SSSR count). The van der Waals surface area contributed by atoms with E-state index in [4.69, 9.17) is 5.73 Å². The largest absolute Gasteiger partial charge is 0.326 e. The third kappa shape index (κ3) is 3.54. The zero-order chi connectivity index (χ0) is 13.7. The van der Waals surface area contributed by atoms with Gasteiger partial charge in [0.05, 0.1) is 11.7 Å². The number of nitrogens with zero attached hydrogens (tertiary/aromatic N) is 2. The van der Waals surface area contributed by atoms with Gasteiger partial charge in [0.15, 0.2) is 0 Å². The van der Waals surface area contributed by atoms with E-state index in [-0.39, 0.29) is 12.1 Å². The zero-order valence-electron chi connectivity index (χ0n) is 12.3. The van der Waals surface area contributed by atoms with Crippen molar-refractivity contribution in [1.82, 2.24) is 9.88 Å². The molecule has 2 N–H and O–H groups in total. The minimum atomic E-state index is 0.174. The third-order valence-corrected chi connectivity index (χ3v) is 4.49. The van der Waals surface area contributed by atoms with Crippen LogP contribution in [0.2, 0.25) is 0 Å². The Balaban J connectivity index is 2.11. The quantitative estimate of drug-likeness (QED) is 0.886. The fourth-order valence-electron chi connectivity index (χ4n) is 3.09. The van der Waals surface area contributed by atoms with E-state index in [0.29, 0.717) is 0 Å². The number of hydrogen-bond acceptors (Lipinski definition) is 3. The number of aromatic nitrogens is 1. The average Bonchev–Trinajstić information content (AvgIpc) is 2.49. The normalized spacial score (nSPS) is 21.2. The number of piperidine rings is 1. The van der Waals surface area contributed by atoms with Gasteiger partial charge in [-0.15, -0.1) is 0 Å². The first-order valence-electron chi connectivity index (χ1n) is 7.66. The molecule has 0 bridgehead atoms. The SMILES string of the molecule is CCC1CCN(C(c2ccccn2)C(N)CC)CC1. The summed E-state index contributed by atoms with van der Waals surface area (Å²) in [6.07, 6.45) is 6.78. The lowest BCUT2D eigenvalue weighted by atomic mass is 9.91. The molecule has 0 aliphatic carbocycles. The maximum absolute atomic E-state index is 6.37.